The zero-order chi connectivity index (χ0) is 20.7. The van der Waals surface area contributed by atoms with Gasteiger partial charge in [0.15, 0.2) is 0 Å². The van der Waals surface area contributed by atoms with E-state index in [1.54, 1.807) is 48.5 Å². The van der Waals surface area contributed by atoms with Gasteiger partial charge in [-0.1, -0.05) is 63.0 Å². The number of carbonyl (C=O) groups is 3. The van der Waals surface area contributed by atoms with Crippen molar-refractivity contribution < 1.29 is 29.0 Å². The van der Waals surface area contributed by atoms with E-state index in [-0.39, 0.29) is 17.1 Å². The first-order valence-electron chi connectivity index (χ1n) is 8.24. The predicted molar refractivity (Wildman–Crippen MR) is 110 cm³/mol. The second-order valence-corrected chi connectivity index (χ2v) is 7.29. The van der Waals surface area contributed by atoms with E-state index in [0.29, 0.717) is 11.5 Å². The number of esters is 2. The number of benzene rings is 2. The largest absolute Gasteiger partial charge is 0.481 e. The summed E-state index contributed by atoms with van der Waals surface area (Å²) in [5.41, 5.74) is 0.666. The molecule has 0 saturated carbocycles. The molecule has 0 aromatic heterocycles. The number of aliphatic carboxylic acids is 1. The summed E-state index contributed by atoms with van der Waals surface area (Å²) in [7, 11) is 0. The number of hydrogen-bond acceptors (Lipinski definition) is 5. The lowest BCUT2D eigenvalue weighted by molar-refractivity contribution is -0.138. The van der Waals surface area contributed by atoms with Gasteiger partial charge in [0, 0.05) is 5.41 Å². The van der Waals surface area contributed by atoms with Crippen molar-refractivity contribution in [3.8, 4) is 11.5 Å². The molecule has 0 bridgehead atoms. The Morgan fingerprint density at radius 2 is 1.18 bits per heavy atom. The third-order valence-corrected chi connectivity index (χ3v) is 5.08. The van der Waals surface area contributed by atoms with Gasteiger partial charge in [0.2, 0.25) is 0 Å². The van der Waals surface area contributed by atoms with Crippen LogP contribution in [0.4, 0.5) is 0 Å². The molecule has 6 nitrogen and oxygen atoms in total. The summed E-state index contributed by atoms with van der Waals surface area (Å²) in [6.45, 7) is 1.82. The SMILES string of the molecule is CC(CC(=O)O)(c1ccc(OC(=O)CBr)cc1)c1ccc(OC(=O)CBr)cc1. The predicted octanol–water partition coefficient (Wildman–Crippen LogP) is 4.07. The smallest absolute Gasteiger partial charge is 0.321 e. The second kappa shape index (κ2) is 9.84. The fourth-order valence-electron chi connectivity index (χ4n) is 2.77. The van der Waals surface area contributed by atoms with Crippen molar-refractivity contribution in [3.63, 3.8) is 0 Å². The summed E-state index contributed by atoms with van der Waals surface area (Å²) >= 11 is 6.06. The molecular weight excluding hydrogens is 496 g/mol. The Labute approximate surface area is 179 Å². The Morgan fingerprint density at radius 3 is 1.46 bits per heavy atom. The van der Waals surface area contributed by atoms with Crippen LogP contribution >= 0.6 is 31.9 Å². The normalized spacial score (nSPS) is 11.0. The Hall–Kier alpha value is -2.19. The van der Waals surface area contributed by atoms with Crippen molar-refractivity contribution in [1.82, 2.24) is 0 Å². The average Bonchev–Trinajstić information content (AvgIpc) is 2.68. The summed E-state index contributed by atoms with van der Waals surface area (Å²) in [5.74, 6) is -1.04. The van der Waals surface area contributed by atoms with Crippen molar-refractivity contribution in [2.75, 3.05) is 10.7 Å². The summed E-state index contributed by atoms with van der Waals surface area (Å²) in [6.07, 6.45) is -0.145. The Kier molecular flexibility index (Phi) is 7.77. The van der Waals surface area contributed by atoms with Crippen molar-refractivity contribution in [2.45, 2.75) is 18.8 Å². The molecule has 148 valence electrons. The standard InChI is InChI=1S/C20H18Br2O6/c1-20(10-17(23)24,13-2-6-15(7-3-13)27-18(25)11-21)14-4-8-16(9-5-14)28-19(26)12-22/h2-9H,10-12H2,1H3,(H,23,24). The summed E-state index contributed by atoms with van der Waals surface area (Å²) in [4.78, 5) is 34.3. The maximum absolute atomic E-state index is 11.5. The van der Waals surface area contributed by atoms with Crippen LogP contribution in [0.25, 0.3) is 0 Å². The van der Waals surface area contributed by atoms with E-state index >= 15 is 0 Å². The molecule has 0 fully saturated rings. The van der Waals surface area contributed by atoms with Crippen LogP contribution in [-0.4, -0.2) is 33.7 Å². The van der Waals surface area contributed by atoms with Crippen LogP contribution < -0.4 is 9.47 Å². The van der Waals surface area contributed by atoms with Gasteiger partial charge in [0.25, 0.3) is 0 Å². The molecule has 0 spiro atoms. The number of halogens is 2. The van der Waals surface area contributed by atoms with Gasteiger partial charge < -0.3 is 14.6 Å². The molecule has 2 aromatic rings. The molecule has 0 aliphatic heterocycles. The number of hydrogen-bond donors (Lipinski definition) is 1. The average molecular weight is 514 g/mol. The molecule has 0 unspecified atom stereocenters. The number of carboxylic acid groups (broad SMARTS) is 1. The maximum atomic E-state index is 11.5. The third kappa shape index (κ3) is 5.65. The van der Waals surface area contributed by atoms with Gasteiger partial charge in [-0.25, -0.2) is 0 Å². The maximum Gasteiger partial charge on any atom is 0.321 e. The third-order valence-electron chi connectivity index (χ3n) is 4.17. The highest BCUT2D eigenvalue weighted by Crippen LogP contribution is 2.37. The van der Waals surface area contributed by atoms with E-state index in [2.05, 4.69) is 31.9 Å². The highest BCUT2D eigenvalue weighted by molar-refractivity contribution is 9.09. The topological polar surface area (TPSA) is 89.9 Å². The van der Waals surface area contributed by atoms with Gasteiger partial charge in [0.1, 0.15) is 22.2 Å². The number of rotatable bonds is 8. The minimum atomic E-state index is -0.952. The molecule has 28 heavy (non-hydrogen) atoms. The fourth-order valence-corrected chi connectivity index (χ4v) is 3.00. The number of ether oxygens (including phenoxy) is 2. The Bertz CT molecular complexity index is 785. The van der Waals surface area contributed by atoms with Crippen molar-refractivity contribution in [3.05, 3.63) is 59.7 Å². The molecule has 0 saturated heterocycles. The lowest BCUT2D eigenvalue weighted by Gasteiger charge is -2.29. The van der Waals surface area contributed by atoms with Gasteiger partial charge in [-0.15, -0.1) is 0 Å². The zero-order valence-electron chi connectivity index (χ0n) is 15.0. The first-order chi connectivity index (χ1) is 13.3. The van der Waals surface area contributed by atoms with E-state index in [0.717, 1.165) is 11.1 Å². The minimum absolute atomic E-state index is 0.0808. The van der Waals surface area contributed by atoms with Crippen molar-refractivity contribution >= 4 is 49.8 Å². The minimum Gasteiger partial charge on any atom is -0.481 e. The number of carboxylic acids is 1. The van der Waals surface area contributed by atoms with Gasteiger partial charge in [-0.05, 0) is 35.4 Å². The summed E-state index contributed by atoms with van der Waals surface area (Å²) < 4.78 is 10.3. The lowest BCUT2D eigenvalue weighted by Crippen LogP contribution is -2.27. The molecule has 8 heteroatoms. The van der Waals surface area contributed by atoms with E-state index < -0.39 is 23.3 Å². The molecule has 2 rings (SSSR count). The first-order valence-corrected chi connectivity index (χ1v) is 10.5. The first kappa shape index (κ1) is 22.1. The van der Waals surface area contributed by atoms with Crippen molar-refractivity contribution in [2.24, 2.45) is 0 Å². The number of alkyl halides is 2. The van der Waals surface area contributed by atoms with E-state index in [4.69, 9.17) is 9.47 Å². The second-order valence-electron chi connectivity index (χ2n) is 6.17. The highest BCUT2D eigenvalue weighted by Gasteiger charge is 2.32. The molecule has 0 amide bonds. The molecule has 0 radical (unpaired) electrons. The van der Waals surface area contributed by atoms with Gasteiger partial charge in [-0.2, -0.15) is 0 Å². The van der Waals surface area contributed by atoms with Crippen LogP contribution in [0.3, 0.4) is 0 Å². The van der Waals surface area contributed by atoms with Gasteiger partial charge in [-0.3, -0.25) is 14.4 Å². The van der Waals surface area contributed by atoms with Crippen LogP contribution in [0.2, 0.25) is 0 Å². The van der Waals surface area contributed by atoms with Crippen LogP contribution in [0.15, 0.2) is 48.5 Å². The summed E-state index contributed by atoms with van der Waals surface area (Å²) in [5, 5.41) is 9.60. The summed E-state index contributed by atoms with van der Waals surface area (Å²) in [6, 6.07) is 13.4. The molecular formula is C20H18Br2O6. The van der Waals surface area contributed by atoms with E-state index in [9.17, 15) is 19.5 Å². The van der Waals surface area contributed by atoms with E-state index in [1.807, 2.05) is 6.92 Å². The fraction of sp³-hybridized carbons (Fsp3) is 0.250. The Balaban J connectivity index is 2.34. The van der Waals surface area contributed by atoms with Crippen LogP contribution in [0.5, 0.6) is 11.5 Å². The zero-order valence-corrected chi connectivity index (χ0v) is 18.2. The van der Waals surface area contributed by atoms with Crippen LogP contribution in [0, 0.1) is 0 Å². The molecule has 0 aliphatic carbocycles. The molecule has 0 heterocycles. The lowest BCUT2D eigenvalue weighted by atomic mass is 9.74. The van der Waals surface area contributed by atoms with Crippen molar-refractivity contribution in [1.29, 1.82) is 0 Å². The highest BCUT2D eigenvalue weighted by atomic mass is 79.9. The van der Waals surface area contributed by atoms with Gasteiger partial charge in [0.05, 0.1) is 6.42 Å². The van der Waals surface area contributed by atoms with E-state index in [1.165, 1.54) is 0 Å². The monoisotopic (exact) mass is 512 g/mol. The molecule has 2 aromatic carbocycles. The van der Waals surface area contributed by atoms with Crippen LogP contribution in [-0.2, 0) is 19.8 Å². The molecule has 1 N–H and O–H groups in total. The van der Waals surface area contributed by atoms with Crippen LogP contribution in [0.1, 0.15) is 24.5 Å². The van der Waals surface area contributed by atoms with Gasteiger partial charge >= 0.3 is 17.9 Å². The quantitative estimate of drug-likeness (QED) is 0.325. The Morgan fingerprint density at radius 1 is 0.821 bits per heavy atom. The molecule has 0 atom stereocenters. The number of carbonyl (C=O) groups excluding carboxylic acids is 2. The molecule has 0 aliphatic rings.